The Balaban J connectivity index is 2.63. The Kier molecular flexibility index (Phi) is 37.1. The van der Waals surface area contributed by atoms with Crippen LogP contribution in [0.1, 0.15) is 136 Å². The normalized spacial score (nSPS) is 22.4. The molecule has 0 spiro atoms. The molecule has 0 aromatic carbocycles. The van der Waals surface area contributed by atoms with Crippen molar-refractivity contribution in [2.75, 3.05) is 13.2 Å². The van der Waals surface area contributed by atoms with E-state index in [2.05, 4.69) is 60.1 Å². The summed E-state index contributed by atoms with van der Waals surface area (Å²) < 4.78 is 49.3. The Bertz CT molecular complexity index is 1780. The van der Waals surface area contributed by atoms with Gasteiger partial charge in [-0.2, -0.15) is 0 Å². The monoisotopic (exact) mass is 1030 g/mol. The number of aliphatic hydroxyl groups is 5. The van der Waals surface area contributed by atoms with Gasteiger partial charge in [0.15, 0.2) is 6.10 Å². The van der Waals surface area contributed by atoms with E-state index in [1.165, 1.54) is 0 Å². The molecule has 19 heteroatoms. The van der Waals surface area contributed by atoms with Crippen molar-refractivity contribution < 1.29 is 82.0 Å². The first-order valence-corrected chi connectivity index (χ1v) is 27.6. The van der Waals surface area contributed by atoms with Crippen molar-refractivity contribution in [1.82, 2.24) is 0 Å². The maximum atomic E-state index is 13.0. The molecule has 1 fully saturated rings. The van der Waals surface area contributed by atoms with Crippen LogP contribution in [0.5, 0.6) is 0 Å². The number of hydrogen-bond donors (Lipinski definition) is 8. The Morgan fingerprint density at radius 2 is 1.01 bits per heavy atom. The minimum absolute atomic E-state index is 0.0623. The summed E-state index contributed by atoms with van der Waals surface area (Å²) in [7, 11) is -10.7. The molecule has 1 aliphatic rings. The second-order valence-corrected chi connectivity index (χ2v) is 19.2. The lowest BCUT2D eigenvalue weighted by molar-refractivity contribution is -0.216. The number of hydrogen-bond acceptors (Lipinski definition) is 14. The Morgan fingerprint density at radius 1 is 0.529 bits per heavy atom. The van der Waals surface area contributed by atoms with E-state index < -0.39 is 89.6 Å². The number of ether oxygens (including phenoxy) is 2. The van der Waals surface area contributed by atoms with Crippen LogP contribution in [0.25, 0.3) is 0 Å². The standard InChI is InChI=1S/C51H82O17P2/c1-3-5-7-8-9-10-11-12-13-14-15-16-17-18-22-25-28-31-34-38-44(53)64-40-43(41-65-70(62,63)68-51-48(57)46(55)47(56)50(49(51)58)67-69(59,60)61)66-45(54)39-35-32-29-26-23-20-19-21-24-27-30-33-37-42(52)36-6-4-2/h5-7,9-10,12-13,15-16,19-20,24,26-27,29-30,33,36,42-43,46-52,55-58H,3-4,8,11,14,17-18,21-23,25,28,31-32,34-35,37-41H2,1-2H3,(H,62,63)(H2,59,60,61)/b7-5-,10-9-,13-12-,16-15-,20-19-,27-24-,29-26-,33-30+,36-6-/t42?,43-,46?,47?,48?,49?,50-,51+/m1/s1. The molecule has 17 nitrogen and oxygen atoms in total. The van der Waals surface area contributed by atoms with Crippen molar-refractivity contribution in [2.24, 2.45) is 0 Å². The van der Waals surface area contributed by atoms with Gasteiger partial charge in [0.25, 0.3) is 0 Å². The molecule has 0 bridgehead atoms. The van der Waals surface area contributed by atoms with E-state index >= 15 is 0 Å². The quantitative estimate of drug-likeness (QED) is 0.00940. The molecule has 398 valence electrons. The van der Waals surface area contributed by atoms with Crippen molar-refractivity contribution in [2.45, 2.75) is 185 Å². The SMILES string of the molecule is CC/C=C\C/C=C\C/C=C\C/C=C\CCCCCCCCC(=O)OC[C@H](COP(=O)(O)O[C@H]1C(O)C(O)C(O)[C@@H](OP(=O)(O)O)C1O)OC(=O)CCC/C=C\C/C=C\C/C=C\C=C\CC(O)/C=C\CC. The zero-order chi connectivity index (χ0) is 51.9. The van der Waals surface area contributed by atoms with Crippen LogP contribution < -0.4 is 0 Å². The lowest BCUT2D eigenvalue weighted by Crippen LogP contribution is -2.64. The number of allylic oxidation sites excluding steroid dienone is 16. The van der Waals surface area contributed by atoms with Gasteiger partial charge in [-0.25, -0.2) is 9.13 Å². The average molecular weight is 1030 g/mol. The van der Waals surface area contributed by atoms with Crippen LogP contribution in [-0.4, -0.2) is 114 Å². The van der Waals surface area contributed by atoms with Gasteiger partial charge in [0.2, 0.25) is 0 Å². The molecular formula is C51H82O17P2. The van der Waals surface area contributed by atoms with Gasteiger partial charge in [-0.05, 0) is 83.5 Å². The van der Waals surface area contributed by atoms with Gasteiger partial charge < -0.3 is 49.7 Å². The number of carbonyl (C=O) groups excluding carboxylic acids is 2. The summed E-state index contributed by atoms with van der Waals surface area (Å²) in [5.74, 6) is -1.33. The Hall–Kier alpha value is -3.38. The van der Waals surface area contributed by atoms with Gasteiger partial charge in [0.1, 0.15) is 43.2 Å². The highest BCUT2D eigenvalue weighted by molar-refractivity contribution is 7.47. The van der Waals surface area contributed by atoms with Crippen molar-refractivity contribution in [3.05, 3.63) is 109 Å². The second-order valence-electron chi connectivity index (χ2n) is 16.6. The highest BCUT2D eigenvalue weighted by Gasteiger charge is 2.54. The van der Waals surface area contributed by atoms with Crippen molar-refractivity contribution in [1.29, 1.82) is 0 Å². The van der Waals surface area contributed by atoms with Crippen molar-refractivity contribution >= 4 is 27.6 Å². The predicted molar refractivity (Wildman–Crippen MR) is 270 cm³/mol. The predicted octanol–water partition coefficient (Wildman–Crippen LogP) is 8.70. The average Bonchev–Trinajstić information content (AvgIpc) is 3.31. The number of rotatable bonds is 39. The third-order valence-electron chi connectivity index (χ3n) is 10.4. The fourth-order valence-corrected chi connectivity index (χ4v) is 8.20. The Labute approximate surface area is 415 Å². The van der Waals surface area contributed by atoms with E-state index in [-0.39, 0.29) is 12.8 Å². The number of aliphatic hydroxyl groups excluding tert-OH is 5. The molecule has 6 unspecified atom stereocenters. The molecule has 0 aliphatic heterocycles. The van der Waals surface area contributed by atoms with E-state index in [0.717, 1.165) is 77.0 Å². The van der Waals surface area contributed by atoms with Crippen LogP contribution in [0, 0.1) is 0 Å². The van der Waals surface area contributed by atoms with Crippen LogP contribution in [0.15, 0.2) is 109 Å². The number of esters is 2. The van der Waals surface area contributed by atoms with Gasteiger partial charge in [0.05, 0.1) is 12.7 Å². The van der Waals surface area contributed by atoms with Crippen LogP contribution in [-0.2, 0) is 41.8 Å². The van der Waals surface area contributed by atoms with Crippen LogP contribution in [0.4, 0.5) is 0 Å². The molecule has 8 N–H and O–H groups in total. The molecule has 1 saturated carbocycles. The largest absolute Gasteiger partial charge is 0.472 e. The second kappa shape index (κ2) is 40.1. The third kappa shape index (κ3) is 34.1. The summed E-state index contributed by atoms with van der Waals surface area (Å²) in [5.41, 5.74) is 0. The molecule has 9 atom stereocenters. The van der Waals surface area contributed by atoms with Crippen molar-refractivity contribution in [3.8, 4) is 0 Å². The zero-order valence-corrected chi connectivity index (χ0v) is 42.8. The summed E-state index contributed by atoms with van der Waals surface area (Å²) in [6, 6.07) is 0. The van der Waals surface area contributed by atoms with Gasteiger partial charge in [-0.1, -0.05) is 149 Å². The molecule has 1 rings (SSSR count). The summed E-state index contributed by atoms with van der Waals surface area (Å²) in [6.45, 7) is 2.69. The molecule has 70 heavy (non-hydrogen) atoms. The van der Waals surface area contributed by atoms with Crippen LogP contribution >= 0.6 is 15.6 Å². The van der Waals surface area contributed by atoms with Crippen molar-refractivity contribution in [3.63, 3.8) is 0 Å². The summed E-state index contributed by atoms with van der Waals surface area (Å²) in [6.07, 6.45) is 35.2. The molecule has 1 aliphatic carbocycles. The van der Waals surface area contributed by atoms with Crippen LogP contribution in [0.2, 0.25) is 0 Å². The maximum absolute atomic E-state index is 13.0. The fourth-order valence-electron chi connectivity index (χ4n) is 6.66. The maximum Gasteiger partial charge on any atom is 0.472 e. The molecule has 0 heterocycles. The lowest BCUT2D eigenvalue weighted by Gasteiger charge is -2.43. The Morgan fingerprint density at radius 3 is 1.60 bits per heavy atom. The first-order valence-electron chi connectivity index (χ1n) is 24.5. The molecular weight excluding hydrogens is 946 g/mol. The van der Waals surface area contributed by atoms with E-state index in [0.29, 0.717) is 32.1 Å². The van der Waals surface area contributed by atoms with E-state index in [4.69, 9.17) is 18.5 Å². The third-order valence-corrected chi connectivity index (χ3v) is 11.9. The molecule has 0 aromatic rings. The van der Waals surface area contributed by atoms with E-state index in [9.17, 15) is 58.9 Å². The van der Waals surface area contributed by atoms with Gasteiger partial charge in [-0.3, -0.25) is 23.2 Å². The van der Waals surface area contributed by atoms with Gasteiger partial charge in [-0.15, -0.1) is 0 Å². The molecule has 0 radical (unpaired) electrons. The topological polar surface area (TPSA) is 276 Å². The molecule has 0 aromatic heterocycles. The first-order chi connectivity index (χ1) is 33.5. The molecule has 0 amide bonds. The number of unbranched alkanes of at least 4 members (excludes halogenated alkanes) is 7. The number of phosphoric ester groups is 2. The molecule has 0 saturated heterocycles. The zero-order valence-electron chi connectivity index (χ0n) is 41.0. The van der Waals surface area contributed by atoms with E-state index in [1.54, 1.807) is 6.08 Å². The highest BCUT2D eigenvalue weighted by Crippen LogP contribution is 2.49. The fraction of sp³-hybridized carbons (Fsp3) is 0.608. The van der Waals surface area contributed by atoms with Gasteiger partial charge in [0, 0.05) is 12.8 Å². The lowest BCUT2D eigenvalue weighted by atomic mass is 9.85. The smallest absolute Gasteiger partial charge is 0.462 e. The minimum atomic E-state index is -5.39. The number of phosphoric acid groups is 2. The summed E-state index contributed by atoms with van der Waals surface area (Å²) in [4.78, 5) is 54.3. The first kappa shape index (κ1) is 64.6. The number of carbonyl (C=O) groups is 2. The summed E-state index contributed by atoms with van der Waals surface area (Å²) >= 11 is 0. The van der Waals surface area contributed by atoms with E-state index in [1.807, 2.05) is 61.6 Å². The van der Waals surface area contributed by atoms with Crippen LogP contribution in [0.3, 0.4) is 0 Å². The summed E-state index contributed by atoms with van der Waals surface area (Å²) in [5, 5.41) is 51.1. The highest BCUT2D eigenvalue weighted by atomic mass is 31.2. The minimum Gasteiger partial charge on any atom is -0.462 e. The van der Waals surface area contributed by atoms with Gasteiger partial charge >= 0.3 is 27.6 Å².